The molecule has 2 heterocycles. The molecule has 0 radical (unpaired) electrons. The third-order valence-electron chi connectivity index (χ3n) is 2.68. The van der Waals surface area contributed by atoms with Crippen molar-refractivity contribution in [2.24, 2.45) is 0 Å². The highest BCUT2D eigenvalue weighted by Gasteiger charge is 2.27. The average molecular weight is 237 g/mol. The van der Waals surface area contributed by atoms with E-state index in [2.05, 4.69) is 5.32 Å². The second-order valence-corrected chi connectivity index (χ2v) is 4.81. The van der Waals surface area contributed by atoms with Crippen LogP contribution in [0.1, 0.15) is 12.8 Å². The Bertz CT molecular complexity index is 191. The number of carbonyl (C=O) groups excluding carboxylic acids is 1. The van der Waals surface area contributed by atoms with E-state index in [1.165, 1.54) is 0 Å². The number of amides is 1. The molecule has 0 saturated carbocycles. The highest BCUT2D eigenvalue weighted by molar-refractivity contribution is 7.99. The van der Waals surface area contributed by atoms with Gasteiger partial charge in [-0.25, -0.2) is 0 Å². The highest BCUT2D eigenvalue weighted by atomic mass is 35.5. The summed E-state index contributed by atoms with van der Waals surface area (Å²) in [5.74, 6) is 2.55. The van der Waals surface area contributed by atoms with Crippen molar-refractivity contribution >= 4 is 30.1 Å². The van der Waals surface area contributed by atoms with Gasteiger partial charge in [0.05, 0.1) is 6.04 Å². The van der Waals surface area contributed by atoms with Gasteiger partial charge in [0.2, 0.25) is 5.91 Å². The van der Waals surface area contributed by atoms with Crippen LogP contribution in [0.15, 0.2) is 0 Å². The zero-order chi connectivity index (χ0) is 9.10. The number of hydrogen-bond donors (Lipinski definition) is 1. The second-order valence-electron chi connectivity index (χ2n) is 3.59. The lowest BCUT2D eigenvalue weighted by molar-refractivity contribution is -0.132. The van der Waals surface area contributed by atoms with E-state index < -0.39 is 0 Å². The second kappa shape index (κ2) is 5.83. The summed E-state index contributed by atoms with van der Waals surface area (Å²) in [6, 6.07) is 0.128. The third kappa shape index (κ3) is 2.78. The van der Waals surface area contributed by atoms with Crippen LogP contribution in [0.5, 0.6) is 0 Å². The number of carbonyl (C=O) groups is 1. The molecule has 0 spiro atoms. The molecule has 2 aliphatic heterocycles. The fourth-order valence-corrected chi connectivity index (χ4v) is 2.80. The monoisotopic (exact) mass is 236 g/mol. The largest absolute Gasteiger partial charge is 0.340 e. The molecule has 1 N–H and O–H groups in total. The van der Waals surface area contributed by atoms with Crippen molar-refractivity contribution in [2.75, 3.05) is 31.1 Å². The van der Waals surface area contributed by atoms with Crippen LogP contribution in [-0.4, -0.2) is 48.0 Å². The quantitative estimate of drug-likeness (QED) is 0.729. The Morgan fingerprint density at radius 3 is 2.64 bits per heavy atom. The number of halogens is 1. The SMILES string of the molecule is Cl.O=C(C1CCCN1)N1CCSCC1. The van der Waals surface area contributed by atoms with Gasteiger partial charge in [-0.3, -0.25) is 4.79 Å². The Morgan fingerprint density at radius 2 is 2.07 bits per heavy atom. The molecule has 0 aromatic carbocycles. The summed E-state index contributed by atoms with van der Waals surface area (Å²) in [5.41, 5.74) is 0. The first-order valence-corrected chi connectivity index (χ1v) is 6.13. The predicted molar refractivity (Wildman–Crippen MR) is 62.2 cm³/mol. The van der Waals surface area contributed by atoms with Gasteiger partial charge in [0.15, 0.2) is 0 Å². The number of nitrogens with zero attached hydrogens (tertiary/aromatic N) is 1. The summed E-state index contributed by atoms with van der Waals surface area (Å²) in [6.07, 6.45) is 2.18. The van der Waals surface area contributed by atoms with Crippen LogP contribution >= 0.6 is 24.2 Å². The normalized spacial score (nSPS) is 27.1. The first kappa shape index (κ1) is 12.1. The summed E-state index contributed by atoms with van der Waals surface area (Å²) < 4.78 is 0. The van der Waals surface area contributed by atoms with Gasteiger partial charge in [0.25, 0.3) is 0 Å². The fraction of sp³-hybridized carbons (Fsp3) is 0.889. The maximum Gasteiger partial charge on any atom is 0.239 e. The van der Waals surface area contributed by atoms with Crippen LogP contribution in [0.2, 0.25) is 0 Å². The zero-order valence-corrected chi connectivity index (χ0v) is 9.83. The van der Waals surface area contributed by atoms with Gasteiger partial charge in [-0.15, -0.1) is 12.4 Å². The van der Waals surface area contributed by atoms with Crippen molar-refractivity contribution in [1.82, 2.24) is 10.2 Å². The van der Waals surface area contributed by atoms with Gasteiger partial charge in [0, 0.05) is 24.6 Å². The zero-order valence-electron chi connectivity index (χ0n) is 8.20. The maximum atomic E-state index is 11.9. The number of hydrogen-bond acceptors (Lipinski definition) is 3. The maximum absolute atomic E-state index is 11.9. The van der Waals surface area contributed by atoms with Crippen LogP contribution in [0.3, 0.4) is 0 Å². The number of rotatable bonds is 1. The molecule has 1 atom stereocenters. The van der Waals surface area contributed by atoms with Crippen molar-refractivity contribution in [3.63, 3.8) is 0 Å². The average Bonchev–Trinajstić information content (AvgIpc) is 2.71. The minimum atomic E-state index is 0. The first-order valence-electron chi connectivity index (χ1n) is 4.98. The van der Waals surface area contributed by atoms with E-state index >= 15 is 0 Å². The van der Waals surface area contributed by atoms with Crippen molar-refractivity contribution < 1.29 is 4.79 Å². The topological polar surface area (TPSA) is 32.3 Å². The van der Waals surface area contributed by atoms with Crippen LogP contribution in [0.4, 0.5) is 0 Å². The minimum Gasteiger partial charge on any atom is -0.340 e. The van der Waals surface area contributed by atoms with E-state index in [4.69, 9.17) is 0 Å². The molecule has 0 bridgehead atoms. The Balaban J connectivity index is 0.000000980. The van der Waals surface area contributed by atoms with Crippen LogP contribution in [0, 0.1) is 0 Å². The molecule has 14 heavy (non-hydrogen) atoms. The number of nitrogens with one attached hydrogen (secondary N) is 1. The highest BCUT2D eigenvalue weighted by Crippen LogP contribution is 2.13. The van der Waals surface area contributed by atoms with E-state index in [0.29, 0.717) is 5.91 Å². The molecule has 2 fully saturated rings. The van der Waals surface area contributed by atoms with E-state index in [-0.39, 0.29) is 18.4 Å². The van der Waals surface area contributed by atoms with Gasteiger partial charge in [-0.2, -0.15) is 11.8 Å². The van der Waals surface area contributed by atoms with Gasteiger partial charge < -0.3 is 10.2 Å². The van der Waals surface area contributed by atoms with Crippen LogP contribution in [0.25, 0.3) is 0 Å². The van der Waals surface area contributed by atoms with Crippen molar-refractivity contribution in [3.8, 4) is 0 Å². The molecule has 0 aromatic rings. The lowest BCUT2D eigenvalue weighted by atomic mass is 10.2. The number of thioether (sulfide) groups is 1. The molecule has 0 aromatic heterocycles. The van der Waals surface area contributed by atoms with Crippen molar-refractivity contribution in [2.45, 2.75) is 18.9 Å². The van der Waals surface area contributed by atoms with E-state index in [0.717, 1.165) is 44.0 Å². The molecular formula is C9H17ClN2OS. The molecule has 82 valence electrons. The van der Waals surface area contributed by atoms with Gasteiger partial charge in [-0.05, 0) is 19.4 Å². The van der Waals surface area contributed by atoms with Crippen molar-refractivity contribution in [1.29, 1.82) is 0 Å². The van der Waals surface area contributed by atoms with Gasteiger partial charge >= 0.3 is 0 Å². The summed E-state index contributed by atoms with van der Waals surface area (Å²) in [4.78, 5) is 13.9. The summed E-state index contributed by atoms with van der Waals surface area (Å²) >= 11 is 1.94. The summed E-state index contributed by atoms with van der Waals surface area (Å²) in [6.45, 7) is 2.91. The summed E-state index contributed by atoms with van der Waals surface area (Å²) in [7, 11) is 0. The van der Waals surface area contributed by atoms with Crippen LogP contribution in [-0.2, 0) is 4.79 Å². The Morgan fingerprint density at radius 1 is 1.36 bits per heavy atom. The van der Waals surface area contributed by atoms with E-state index in [1.54, 1.807) is 0 Å². The standard InChI is InChI=1S/C9H16N2OS.ClH/c12-9(8-2-1-3-10-8)11-4-6-13-7-5-11;/h8,10H,1-7H2;1H. The molecule has 1 unspecified atom stereocenters. The van der Waals surface area contributed by atoms with Gasteiger partial charge in [0.1, 0.15) is 0 Å². The smallest absolute Gasteiger partial charge is 0.239 e. The Labute approximate surface area is 95.4 Å². The molecule has 3 nitrogen and oxygen atoms in total. The molecule has 2 saturated heterocycles. The Kier molecular flexibility index (Phi) is 5.06. The first-order chi connectivity index (χ1) is 6.38. The molecule has 2 aliphatic rings. The predicted octanol–water partition coefficient (Wildman–Crippen LogP) is 0.736. The molecule has 5 heteroatoms. The molecular weight excluding hydrogens is 220 g/mol. The van der Waals surface area contributed by atoms with Crippen LogP contribution < -0.4 is 5.32 Å². The third-order valence-corrected chi connectivity index (χ3v) is 3.62. The van der Waals surface area contributed by atoms with Gasteiger partial charge in [-0.1, -0.05) is 0 Å². The molecule has 2 rings (SSSR count). The molecule has 0 aliphatic carbocycles. The molecule has 1 amide bonds. The van der Waals surface area contributed by atoms with Crippen molar-refractivity contribution in [3.05, 3.63) is 0 Å². The lowest BCUT2D eigenvalue weighted by Gasteiger charge is -2.28. The van der Waals surface area contributed by atoms with E-state index in [9.17, 15) is 4.79 Å². The summed E-state index contributed by atoms with van der Waals surface area (Å²) in [5, 5.41) is 3.26. The lowest BCUT2D eigenvalue weighted by Crippen LogP contribution is -2.46. The minimum absolute atomic E-state index is 0. The fourth-order valence-electron chi connectivity index (χ4n) is 1.90. The Hall–Kier alpha value is 0.0700. The van der Waals surface area contributed by atoms with E-state index in [1.807, 2.05) is 16.7 Å².